The fourth-order valence-electron chi connectivity index (χ4n) is 2.35. The van der Waals surface area contributed by atoms with Crippen molar-refractivity contribution in [1.82, 2.24) is 0 Å². The molecule has 0 bridgehead atoms. The number of carbonyl (C=O) groups excluding carboxylic acids is 2. The van der Waals surface area contributed by atoms with E-state index in [4.69, 9.17) is 20.9 Å². The average molecular weight is 364 g/mol. The standard InChI is InChI=1S/C20H32N2O4/c1-19(2,3)25-17(23)15(21)11-13-9-7-8-10-14(13)12-16(22)18(24)26-20(4,5)6/h7-10,15-16H,11-12,21-22H2,1-6H3/t15-,16-/m0/s1. The number of esters is 2. The monoisotopic (exact) mass is 364 g/mol. The lowest BCUT2D eigenvalue weighted by Crippen LogP contribution is -2.40. The Morgan fingerprint density at radius 3 is 1.38 bits per heavy atom. The first-order valence-corrected chi connectivity index (χ1v) is 8.82. The molecule has 6 heteroatoms. The summed E-state index contributed by atoms with van der Waals surface area (Å²) in [6.07, 6.45) is 0.623. The van der Waals surface area contributed by atoms with E-state index in [-0.39, 0.29) is 0 Å². The van der Waals surface area contributed by atoms with Crippen LogP contribution in [0.2, 0.25) is 0 Å². The molecule has 4 N–H and O–H groups in total. The first-order valence-electron chi connectivity index (χ1n) is 8.82. The molecule has 0 unspecified atom stereocenters. The van der Waals surface area contributed by atoms with Gasteiger partial charge in [0, 0.05) is 0 Å². The summed E-state index contributed by atoms with van der Waals surface area (Å²) in [5.74, 6) is -0.910. The lowest BCUT2D eigenvalue weighted by atomic mass is 9.96. The summed E-state index contributed by atoms with van der Waals surface area (Å²) in [5, 5.41) is 0. The van der Waals surface area contributed by atoms with Crippen molar-refractivity contribution in [2.45, 2.75) is 77.7 Å². The van der Waals surface area contributed by atoms with Crippen molar-refractivity contribution in [2.75, 3.05) is 0 Å². The van der Waals surface area contributed by atoms with Crippen molar-refractivity contribution < 1.29 is 19.1 Å². The van der Waals surface area contributed by atoms with Crippen molar-refractivity contribution in [2.24, 2.45) is 11.5 Å². The largest absolute Gasteiger partial charge is 0.459 e. The lowest BCUT2D eigenvalue weighted by Gasteiger charge is -2.24. The Balaban J connectivity index is 2.81. The summed E-state index contributed by atoms with van der Waals surface area (Å²) in [4.78, 5) is 24.2. The van der Waals surface area contributed by atoms with E-state index in [0.717, 1.165) is 11.1 Å². The molecule has 0 saturated carbocycles. The Morgan fingerprint density at radius 2 is 1.12 bits per heavy atom. The Morgan fingerprint density at radius 1 is 0.808 bits per heavy atom. The number of rotatable bonds is 6. The van der Waals surface area contributed by atoms with Gasteiger partial charge in [0.05, 0.1) is 0 Å². The van der Waals surface area contributed by atoms with E-state index in [1.165, 1.54) is 0 Å². The molecular weight excluding hydrogens is 332 g/mol. The van der Waals surface area contributed by atoms with Crippen LogP contribution in [0.3, 0.4) is 0 Å². The molecule has 0 saturated heterocycles. The van der Waals surface area contributed by atoms with Gasteiger partial charge in [0.25, 0.3) is 0 Å². The fraction of sp³-hybridized carbons (Fsp3) is 0.600. The van der Waals surface area contributed by atoms with Crippen molar-refractivity contribution in [3.8, 4) is 0 Å². The number of nitrogens with two attached hydrogens (primary N) is 2. The predicted octanol–water partition coefficient (Wildman–Crippen LogP) is 2.11. The smallest absolute Gasteiger partial charge is 0.323 e. The normalized spacial score (nSPS) is 14.5. The van der Waals surface area contributed by atoms with E-state index in [1.54, 1.807) is 41.5 Å². The first-order chi connectivity index (χ1) is 11.8. The van der Waals surface area contributed by atoms with Gasteiger partial charge in [-0.15, -0.1) is 0 Å². The van der Waals surface area contributed by atoms with Crippen LogP contribution in [-0.4, -0.2) is 35.2 Å². The van der Waals surface area contributed by atoms with Crippen LogP contribution in [0, 0.1) is 0 Å². The summed E-state index contributed by atoms with van der Waals surface area (Å²) >= 11 is 0. The molecule has 0 aromatic heterocycles. The average Bonchev–Trinajstić information content (AvgIpc) is 2.45. The Bertz CT molecular complexity index is 574. The van der Waals surface area contributed by atoms with Crippen LogP contribution in [-0.2, 0) is 31.9 Å². The number of benzene rings is 1. The van der Waals surface area contributed by atoms with E-state index >= 15 is 0 Å². The maximum Gasteiger partial charge on any atom is 0.323 e. The van der Waals surface area contributed by atoms with Gasteiger partial charge in [0.15, 0.2) is 0 Å². The fourth-order valence-corrected chi connectivity index (χ4v) is 2.35. The van der Waals surface area contributed by atoms with Gasteiger partial charge in [-0.1, -0.05) is 24.3 Å². The minimum Gasteiger partial charge on any atom is -0.459 e. The molecule has 0 aliphatic rings. The molecule has 1 aromatic carbocycles. The van der Waals surface area contributed by atoms with Crippen molar-refractivity contribution >= 4 is 11.9 Å². The molecule has 0 aliphatic heterocycles. The molecule has 146 valence electrons. The van der Waals surface area contributed by atoms with E-state index in [9.17, 15) is 9.59 Å². The SMILES string of the molecule is CC(C)(C)OC(=O)[C@@H](N)Cc1ccccc1C[C@H](N)C(=O)OC(C)(C)C. The van der Waals surface area contributed by atoms with Gasteiger partial charge in [0.2, 0.25) is 0 Å². The summed E-state index contributed by atoms with van der Waals surface area (Å²) in [5.41, 5.74) is 12.6. The highest BCUT2D eigenvalue weighted by Crippen LogP contribution is 2.16. The number of ether oxygens (including phenoxy) is 2. The zero-order valence-corrected chi connectivity index (χ0v) is 16.7. The zero-order chi connectivity index (χ0) is 20.1. The van der Waals surface area contributed by atoms with Crippen LogP contribution in [0.4, 0.5) is 0 Å². The zero-order valence-electron chi connectivity index (χ0n) is 16.7. The van der Waals surface area contributed by atoms with Gasteiger partial charge >= 0.3 is 11.9 Å². The molecule has 0 radical (unpaired) electrons. The van der Waals surface area contributed by atoms with Gasteiger partial charge in [-0.3, -0.25) is 9.59 Å². The highest BCUT2D eigenvalue weighted by Gasteiger charge is 2.25. The van der Waals surface area contributed by atoms with E-state index in [0.29, 0.717) is 12.8 Å². The Labute approximate surface area is 156 Å². The van der Waals surface area contributed by atoms with Crippen LogP contribution in [0.5, 0.6) is 0 Å². The summed E-state index contributed by atoms with van der Waals surface area (Å²) in [6, 6.07) is 5.91. The van der Waals surface area contributed by atoms with Crippen molar-refractivity contribution in [1.29, 1.82) is 0 Å². The molecular formula is C20H32N2O4. The third-order valence-corrected chi connectivity index (χ3v) is 3.42. The molecule has 0 aliphatic carbocycles. The van der Waals surface area contributed by atoms with Crippen molar-refractivity contribution in [3.63, 3.8) is 0 Å². The molecule has 1 aromatic rings. The van der Waals surface area contributed by atoms with E-state index in [1.807, 2.05) is 24.3 Å². The number of hydrogen-bond acceptors (Lipinski definition) is 6. The van der Waals surface area contributed by atoms with Gasteiger partial charge in [-0.05, 0) is 65.5 Å². The highest BCUT2D eigenvalue weighted by molar-refractivity contribution is 5.77. The van der Waals surface area contributed by atoms with Crippen LogP contribution in [0.25, 0.3) is 0 Å². The third-order valence-electron chi connectivity index (χ3n) is 3.42. The van der Waals surface area contributed by atoms with Crippen LogP contribution in [0.1, 0.15) is 52.7 Å². The Kier molecular flexibility index (Phi) is 7.35. The maximum absolute atomic E-state index is 12.1. The highest BCUT2D eigenvalue weighted by atomic mass is 16.6. The predicted molar refractivity (Wildman–Crippen MR) is 101 cm³/mol. The minimum absolute atomic E-state index is 0.312. The molecule has 1 rings (SSSR count). The van der Waals surface area contributed by atoms with Gasteiger partial charge < -0.3 is 20.9 Å². The summed E-state index contributed by atoms with van der Waals surface area (Å²) in [6.45, 7) is 10.8. The molecule has 0 amide bonds. The van der Waals surface area contributed by atoms with Crippen LogP contribution in [0.15, 0.2) is 24.3 Å². The third kappa shape index (κ3) is 7.97. The summed E-state index contributed by atoms with van der Waals surface area (Å²) < 4.78 is 10.6. The van der Waals surface area contributed by atoms with E-state index < -0.39 is 35.2 Å². The van der Waals surface area contributed by atoms with Crippen molar-refractivity contribution in [3.05, 3.63) is 35.4 Å². The molecule has 0 spiro atoms. The van der Waals surface area contributed by atoms with Gasteiger partial charge in [0.1, 0.15) is 23.3 Å². The van der Waals surface area contributed by atoms with Gasteiger partial charge in [-0.2, -0.15) is 0 Å². The topological polar surface area (TPSA) is 105 Å². The second-order valence-electron chi connectivity index (χ2n) is 8.46. The molecule has 0 heterocycles. The second kappa shape index (κ2) is 8.64. The maximum atomic E-state index is 12.1. The Hall–Kier alpha value is -1.92. The number of hydrogen-bond donors (Lipinski definition) is 2. The van der Waals surface area contributed by atoms with E-state index in [2.05, 4.69) is 0 Å². The second-order valence-corrected chi connectivity index (χ2v) is 8.46. The van der Waals surface area contributed by atoms with Gasteiger partial charge in [-0.25, -0.2) is 0 Å². The molecule has 0 fully saturated rings. The number of carbonyl (C=O) groups is 2. The quantitative estimate of drug-likeness (QED) is 0.749. The molecule has 26 heavy (non-hydrogen) atoms. The minimum atomic E-state index is -0.784. The molecule has 6 nitrogen and oxygen atoms in total. The first kappa shape index (κ1) is 22.1. The van der Waals surface area contributed by atoms with Crippen LogP contribution >= 0.6 is 0 Å². The molecule has 2 atom stereocenters. The van der Waals surface area contributed by atoms with Crippen LogP contribution < -0.4 is 11.5 Å². The lowest BCUT2D eigenvalue weighted by molar-refractivity contribution is -0.157. The summed E-state index contributed by atoms with van der Waals surface area (Å²) in [7, 11) is 0.